The average Bonchev–Trinajstić information content (AvgIpc) is 1.36. The number of methoxy groups -OCH3 is 1. The fourth-order valence-corrected chi connectivity index (χ4v) is 11.4. The first-order chi connectivity index (χ1) is 40.8. The standard InChI is InChI=1S/C56H61N7O20P2/c1-58-46(64)19-20-48(66)78-36(30-74-25-10-23-59-52(67)33-13-16-37(54(68)69)41(27-33)49-38-17-14-34(61(2)3)28-43(38)79-44-29-35(62(4)5)15-18-39(44)49)31-77-85(72,76-26-9-22-57)83-51-50(73-6)45(80-53(51)63-24-21-47(65)60-56(63)71)32-75-84-81-42-12-8-7-11-40(42)55(70)82-84/h7-8,11-18,21,24,27-29,36,45,50-51,53H,9-10,19-20,23,25-26,30-32H2,1-6H3,(H3-,58,59,60,64,65,67,68,69,71)/t36?,45-,50+,51?,53-,84?,85?/m1/s1. The quantitative estimate of drug-likeness (QED) is 0.0218. The van der Waals surface area contributed by atoms with Crippen molar-refractivity contribution in [2.24, 2.45) is 0 Å². The van der Waals surface area contributed by atoms with E-state index in [2.05, 4.69) is 15.6 Å². The van der Waals surface area contributed by atoms with Gasteiger partial charge in [0, 0.05) is 106 Å². The van der Waals surface area contributed by atoms with Gasteiger partial charge in [-0.05, 0) is 54.4 Å². The van der Waals surface area contributed by atoms with Crippen molar-refractivity contribution in [3.05, 3.63) is 134 Å². The van der Waals surface area contributed by atoms with Crippen molar-refractivity contribution in [1.29, 1.82) is 5.26 Å². The van der Waals surface area contributed by atoms with Crippen LogP contribution in [0, 0.1) is 11.3 Å². The lowest BCUT2D eigenvalue weighted by atomic mass is 9.89. The molecule has 85 heavy (non-hydrogen) atoms. The predicted octanol–water partition coefficient (Wildman–Crippen LogP) is 3.64. The maximum atomic E-state index is 14.8. The molecule has 1 aromatic heterocycles. The number of aromatic amines is 1. The van der Waals surface area contributed by atoms with Gasteiger partial charge in [0.15, 0.2) is 6.23 Å². The third kappa shape index (κ3) is 15.6. The van der Waals surface area contributed by atoms with Gasteiger partial charge in [-0.25, -0.2) is 18.7 Å². The van der Waals surface area contributed by atoms with Crippen LogP contribution >= 0.6 is 16.4 Å². The van der Waals surface area contributed by atoms with Crippen LogP contribution < -0.4 is 46.3 Å². The molecule has 1 fully saturated rings. The summed E-state index contributed by atoms with van der Waals surface area (Å²) in [6.07, 6.45) is -6.67. The summed E-state index contributed by atoms with van der Waals surface area (Å²) in [7, 11) is 2.85. The minimum absolute atomic E-state index is 0.0412. The smallest absolute Gasteiger partial charge is 0.475 e. The lowest BCUT2D eigenvalue weighted by Gasteiger charge is -2.28. The Morgan fingerprint density at radius 2 is 1.73 bits per heavy atom. The number of ether oxygens (including phenoxy) is 4. The molecular formula is C56H61N7O20P2. The second-order valence-corrected chi connectivity index (χ2v) is 22.2. The number of anilines is 1. The number of nitrogens with zero attached hydrogens (tertiary/aromatic N) is 4. The Bertz CT molecular complexity index is 3710. The van der Waals surface area contributed by atoms with Crippen LogP contribution in [0.4, 0.5) is 5.69 Å². The molecule has 3 aliphatic heterocycles. The number of aromatic carboxylic acids is 1. The van der Waals surface area contributed by atoms with Gasteiger partial charge in [0.25, 0.3) is 11.5 Å². The van der Waals surface area contributed by atoms with Gasteiger partial charge in [-0.15, -0.1) is 0 Å². The molecule has 0 saturated carbocycles. The van der Waals surface area contributed by atoms with Crippen LogP contribution in [0.25, 0.3) is 33.4 Å². The number of phosphoric ester groups is 1. The molecule has 0 bridgehead atoms. The summed E-state index contributed by atoms with van der Waals surface area (Å²) in [5.41, 5.74) is 1.07. The minimum Gasteiger partial charge on any atom is -0.545 e. The number of carboxylic acid groups (broad SMARTS) is 1. The summed E-state index contributed by atoms with van der Waals surface area (Å²) in [6.45, 7) is -2.13. The number of rotatable bonds is 27. The molecule has 0 spiro atoms. The fraction of sp³-hybridized carbons (Fsp3) is 0.375. The lowest BCUT2D eigenvalue weighted by Crippen LogP contribution is -2.40. The number of amides is 2. The van der Waals surface area contributed by atoms with Crippen molar-refractivity contribution < 1.29 is 84.2 Å². The highest BCUT2D eigenvalue weighted by atomic mass is 31.2. The van der Waals surface area contributed by atoms with Crippen molar-refractivity contribution in [2.45, 2.75) is 56.3 Å². The molecule has 4 heterocycles. The molecule has 0 radical (unpaired) electrons. The number of carbonyl (C=O) groups excluding carboxylic acids is 5. The highest BCUT2D eigenvalue weighted by Gasteiger charge is 2.52. The minimum atomic E-state index is -4.97. The molecule has 450 valence electrons. The number of para-hydroxylation sites is 1. The molecule has 4 aliphatic rings. The Hall–Kier alpha value is -8.15. The normalized spacial score (nSPS) is 18.3. The van der Waals surface area contributed by atoms with E-state index in [1.807, 2.05) is 80.1 Å². The Balaban J connectivity index is 0.965. The second-order valence-electron chi connectivity index (χ2n) is 19.5. The molecule has 27 nitrogen and oxygen atoms in total. The van der Waals surface area contributed by atoms with E-state index in [1.54, 1.807) is 18.2 Å². The maximum absolute atomic E-state index is 14.8. The van der Waals surface area contributed by atoms with Crippen molar-refractivity contribution >= 4 is 62.8 Å². The van der Waals surface area contributed by atoms with E-state index in [1.165, 1.54) is 38.4 Å². The van der Waals surface area contributed by atoms with E-state index in [0.29, 0.717) is 27.9 Å². The van der Waals surface area contributed by atoms with E-state index >= 15 is 0 Å². The van der Waals surface area contributed by atoms with Gasteiger partial charge in [0.05, 0.1) is 57.4 Å². The van der Waals surface area contributed by atoms with E-state index in [9.17, 15) is 48.5 Å². The number of nitriles is 1. The Labute approximate surface area is 486 Å². The van der Waals surface area contributed by atoms with Gasteiger partial charge in [-0.1, -0.05) is 18.2 Å². The molecule has 8 rings (SSSR count). The van der Waals surface area contributed by atoms with Crippen LogP contribution in [0.5, 0.6) is 5.75 Å². The Kier molecular flexibility index (Phi) is 21.2. The zero-order valence-electron chi connectivity index (χ0n) is 47.0. The topological polar surface area (TPSA) is 340 Å². The summed E-state index contributed by atoms with van der Waals surface area (Å²) < 4.78 is 81.9. The number of esters is 1. The number of aromatic nitrogens is 2. The second kappa shape index (κ2) is 28.6. The zero-order chi connectivity index (χ0) is 61.0. The van der Waals surface area contributed by atoms with Gasteiger partial charge >= 0.3 is 34.1 Å². The molecule has 3 N–H and O–H groups in total. The molecule has 1 saturated heterocycles. The summed E-state index contributed by atoms with van der Waals surface area (Å²) in [5.74, 6) is -3.36. The molecule has 1 aliphatic carbocycles. The first-order valence-corrected chi connectivity index (χ1v) is 29.0. The fourth-order valence-electron chi connectivity index (χ4n) is 9.01. The van der Waals surface area contributed by atoms with Crippen LogP contribution in [0.2, 0.25) is 0 Å². The van der Waals surface area contributed by atoms with Crippen molar-refractivity contribution in [2.75, 3.05) is 86.8 Å². The van der Waals surface area contributed by atoms with Gasteiger partial charge in [0.1, 0.15) is 61.2 Å². The number of hydrogen-bond acceptors (Lipinski definition) is 22. The summed E-state index contributed by atoms with van der Waals surface area (Å²) >= 11 is 0. The van der Waals surface area contributed by atoms with Crippen LogP contribution in [0.1, 0.15) is 63.0 Å². The third-order valence-electron chi connectivity index (χ3n) is 13.3. The van der Waals surface area contributed by atoms with E-state index < -0.39 is 114 Å². The van der Waals surface area contributed by atoms with E-state index in [4.69, 9.17) is 50.5 Å². The third-order valence-corrected chi connectivity index (χ3v) is 15.8. The van der Waals surface area contributed by atoms with Gasteiger partial charge in [0.2, 0.25) is 11.3 Å². The van der Waals surface area contributed by atoms with Crippen molar-refractivity contribution in [3.63, 3.8) is 0 Å². The first-order valence-electron chi connectivity index (χ1n) is 26.5. The maximum Gasteiger partial charge on any atom is 0.475 e. The molecular weight excluding hydrogens is 1150 g/mol. The van der Waals surface area contributed by atoms with Crippen LogP contribution in [-0.2, 0) is 55.7 Å². The number of H-pyrrole nitrogens is 1. The number of benzene rings is 4. The Morgan fingerprint density at radius 1 is 0.929 bits per heavy atom. The molecule has 3 aromatic carbocycles. The number of hydrogen-bond donors (Lipinski definition) is 3. The predicted molar refractivity (Wildman–Crippen MR) is 301 cm³/mol. The number of carbonyl (C=O) groups is 5. The Morgan fingerprint density at radius 3 is 2.46 bits per heavy atom. The molecule has 7 atom stereocenters. The number of phosphoric acid groups is 1. The zero-order valence-corrected chi connectivity index (χ0v) is 48.8. The van der Waals surface area contributed by atoms with Crippen LogP contribution in [0.3, 0.4) is 0 Å². The SMILES string of the molecule is CNC(=O)CCC(=O)OC(COCCCNC(=O)c1ccc(C(=O)[O-])c(-c2c3ccc(=[N+](C)C)cc-3oc3cc(N(C)C)ccc23)c1)COP(=O)(OCCC#N)OC1[C@@H](OC)[C@@H](COP2OC(=O)c3ccccc3O2)O[C@H]1n1ccc(=O)[nH]c1=O. The van der Waals surface area contributed by atoms with Gasteiger partial charge in [-0.3, -0.25) is 46.8 Å². The molecule has 4 unspecified atom stereocenters. The highest BCUT2D eigenvalue weighted by molar-refractivity contribution is 7.48. The number of fused-ring (bicyclic) bond motifs is 3. The van der Waals surface area contributed by atoms with Gasteiger partial charge < -0.3 is 57.8 Å². The first kappa shape index (κ1) is 62.9. The number of carboxylic acids is 1. The van der Waals surface area contributed by atoms with E-state index in [-0.39, 0.29) is 66.8 Å². The largest absolute Gasteiger partial charge is 0.545 e. The van der Waals surface area contributed by atoms with Crippen molar-refractivity contribution in [3.8, 4) is 34.3 Å². The molecule has 4 aromatic rings. The lowest BCUT2D eigenvalue weighted by molar-refractivity contribution is -0.255. The van der Waals surface area contributed by atoms with E-state index in [0.717, 1.165) is 27.9 Å². The number of nitrogens with one attached hydrogen (secondary N) is 3. The van der Waals surface area contributed by atoms with Gasteiger partial charge in [-0.2, -0.15) is 5.26 Å². The summed E-state index contributed by atoms with van der Waals surface area (Å²) in [4.78, 5) is 93.8. The highest BCUT2D eigenvalue weighted by Crippen LogP contribution is 2.55. The van der Waals surface area contributed by atoms with Crippen molar-refractivity contribution in [1.82, 2.24) is 24.8 Å². The molecule has 2 amide bonds. The molecule has 29 heteroatoms. The summed E-state index contributed by atoms with van der Waals surface area (Å²) in [5, 5.41) is 28.8. The summed E-state index contributed by atoms with van der Waals surface area (Å²) in [6, 6.07) is 24.5. The van der Waals surface area contributed by atoms with Crippen LogP contribution in [0.15, 0.2) is 105 Å². The monoisotopic (exact) mass is 1210 g/mol. The van der Waals surface area contributed by atoms with Crippen LogP contribution in [-0.4, -0.2) is 146 Å². The average molecular weight is 1210 g/mol.